The number of rotatable bonds is 4. The molecule has 1 atom stereocenters. The van der Waals surface area contributed by atoms with Gasteiger partial charge in [0, 0.05) is 6.61 Å². The summed E-state index contributed by atoms with van der Waals surface area (Å²) in [6.07, 6.45) is 1.18. The molecule has 4 nitrogen and oxygen atoms in total. The van der Waals surface area contributed by atoms with E-state index in [9.17, 15) is 0 Å². The summed E-state index contributed by atoms with van der Waals surface area (Å²) in [5.74, 6) is 0. The van der Waals surface area contributed by atoms with E-state index in [4.69, 9.17) is 15.5 Å². The lowest BCUT2D eigenvalue weighted by molar-refractivity contribution is -0.329. The molecule has 1 unspecified atom stereocenters. The third-order valence-corrected chi connectivity index (χ3v) is 1.17. The molecule has 56 valence electrons. The van der Waals surface area contributed by atoms with E-state index in [1.165, 1.54) is 0 Å². The third-order valence-electron chi connectivity index (χ3n) is 1.17. The Morgan fingerprint density at radius 1 is 1.44 bits per heavy atom. The number of nitrogens with zero attached hydrogens (tertiary/aromatic N) is 1. The van der Waals surface area contributed by atoms with Crippen molar-refractivity contribution in [1.82, 2.24) is 5.23 Å². The van der Waals surface area contributed by atoms with E-state index in [2.05, 4.69) is 0 Å². The van der Waals surface area contributed by atoms with Crippen molar-refractivity contribution in [1.29, 1.82) is 0 Å². The molecule has 0 aliphatic carbocycles. The third kappa shape index (κ3) is 4.35. The molecular formula is C5H13NO3. The Labute approximate surface area is 54.2 Å². The lowest BCUT2D eigenvalue weighted by Gasteiger charge is -2.13. The van der Waals surface area contributed by atoms with Gasteiger partial charge in [-0.15, -0.1) is 0 Å². The summed E-state index contributed by atoms with van der Waals surface area (Å²) in [7, 11) is 0. The minimum absolute atomic E-state index is 0.0954. The summed E-state index contributed by atoms with van der Waals surface area (Å²) in [6.45, 7) is 1.76. The van der Waals surface area contributed by atoms with Crippen LogP contribution in [0.3, 0.4) is 0 Å². The van der Waals surface area contributed by atoms with Gasteiger partial charge in [0.15, 0.2) is 0 Å². The van der Waals surface area contributed by atoms with Crippen LogP contribution in [0.5, 0.6) is 0 Å². The summed E-state index contributed by atoms with van der Waals surface area (Å²) in [5, 5.41) is 25.2. The zero-order valence-corrected chi connectivity index (χ0v) is 5.49. The van der Waals surface area contributed by atoms with Crippen molar-refractivity contribution in [3.63, 3.8) is 0 Å². The number of aliphatic hydroxyl groups excluding tert-OH is 1. The van der Waals surface area contributed by atoms with Gasteiger partial charge < -0.3 is 5.11 Å². The molecule has 0 rings (SSSR count). The fourth-order valence-electron chi connectivity index (χ4n) is 0.502. The lowest BCUT2D eigenvalue weighted by Crippen LogP contribution is -2.25. The predicted octanol–water partition coefficient (Wildman–Crippen LogP) is 0.228. The molecule has 0 radical (unpaired) electrons. The van der Waals surface area contributed by atoms with Crippen molar-refractivity contribution in [3.05, 3.63) is 0 Å². The summed E-state index contributed by atoms with van der Waals surface area (Å²) in [6, 6.07) is -0.294. The first kappa shape index (κ1) is 8.84. The Morgan fingerprint density at radius 2 is 2.00 bits per heavy atom. The minimum Gasteiger partial charge on any atom is -0.396 e. The molecule has 4 heteroatoms. The van der Waals surface area contributed by atoms with E-state index in [0.717, 1.165) is 0 Å². The molecule has 3 N–H and O–H groups in total. The van der Waals surface area contributed by atoms with E-state index in [0.29, 0.717) is 12.8 Å². The van der Waals surface area contributed by atoms with Crippen molar-refractivity contribution >= 4 is 0 Å². The lowest BCUT2D eigenvalue weighted by atomic mass is 10.2. The van der Waals surface area contributed by atoms with Gasteiger partial charge in [0.25, 0.3) is 0 Å². The van der Waals surface area contributed by atoms with Crippen LogP contribution in [-0.2, 0) is 0 Å². The quantitative estimate of drug-likeness (QED) is 0.483. The molecule has 9 heavy (non-hydrogen) atoms. The van der Waals surface area contributed by atoms with Crippen LogP contribution in [0, 0.1) is 0 Å². The smallest absolute Gasteiger partial charge is 0.0596 e. The van der Waals surface area contributed by atoms with Crippen LogP contribution in [0.15, 0.2) is 0 Å². The van der Waals surface area contributed by atoms with Crippen LogP contribution in [0.1, 0.15) is 19.8 Å². The van der Waals surface area contributed by atoms with Crippen molar-refractivity contribution in [3.8, 4) is 0 Å². The fraction of sp³-hybridized carbons (Fsp3) is 1.00. The van der Waals surface area contributed by atoms with Gasteiger partial charge in [-0.05, 0) is 19.8 Å². The van der Waals surface area contributed by atoms with E-state index in [1.807, 2.05) is 0 Å². The first-order valence-corrected chi connectivity index (χ1v) is 2.96. The minimum atomic E-state index is -0.294. The van der Waals surface area contributed by atoms with Crippen LogP contribution < -0.4 is 0 Å². The summed E-state index contributed by atoms with van der Waals surface area (Å²) in [5.41, 5.74) is 0. The Kier molecular flexibility index (Phi) is 4.61. The second-order valence-corrected chi connectivity index (χ2v) is 2.04. The Balaban J connectivity index is 3.16. The standard InChI is InChI=1S/C5H13NO3/c1-5(6(8)9)3-2-4-7/h5,7-9H,2-4H2,1H3. The maximum atomic E-state index is 8.35. The number of aliphatic hydroxyl groups is 1. The van der Waals surface area contributed by atoms with Crippen molar-refractivity contribution < 1.29 is 15.5 Å². The first-order chi connectivity index (χ1) is 4.18. The van der Waals surface area contributed by atoms with Gasteiger partial charge in [0.1, 0.15) is 0 Å². The molecule has 0 aliphatic heterocycles. The topological polar surface area (TPSA) is 63.9 Å². The number of hydroxylamine groups is 2. The fourth-order valence-corrected chi connectivity index (χ4v) is 0.502. The molecule has 0 aromatic carbocycles. The molecule has 0 aromatic heterocycles. The second-order valence-electron chi connectivity index (χ2n) is 2.04. The highest BCUT2D eigenvalue weighted by atomic mass is 16.8. The number of hydrogen-bond acceptors (Lipinski definition) is 4. The maximum absolute atomic E-state index is 8.35. The van der Waals surface area contributed by atoms with E-state index >= 15 is 0 Å². The van der Waals surface area contributed by atoms with Gasteiger partial charge in [0.2, 0.25) is 0 Å². The van der Waals surface area contributed by atoms with Crippen LogP contribution in [0.4, 0.5) is 0 Å². The average Bonchev–Trinajstić information content (AvgIpc) is 1.82. The van der Waals surface area contributed by atoms with Crippen LogP contribution in [0.2, 0.25) is 0 Å². The van der Waals surface area contributed by atoms with Gasteiger partial charge in [-0.2, -0.15) is 0 Å². The predicted molar refractivity (Wildman–Crippen MR) is 31.2 cm³/mol. The molecule has 0 spiro atoms. The van der Waals surface area contributed by atoms with E-state index in [-0.39, 0.29) is 17.9 Å². The SMILES string of the molecule is CC(CCCO)N(O)O. The highest BCUT2D eigenvalue weighted by molar-refractivity contribution is 4.51. The van der Waals surface area contributed by atoms with E-state index in [1.54, 1.807) is 6.92 Å². The summed E-state index contributed by atoms with van der Waals surface area (Å²) >= 11 is 0. The van der Waals surface area contributed by atoms with E-state index < -0.39 is 0 Å². The molecule has 0 heterocycles. The van der Waals surface area contributed by atoms with Crippen molar-refractivity contribution in [2.45, 2.75) is 25.8 Å². The van der Waals surface area contributed by atoms with Crippen LogP contribution >= 0.6 is 0 Å². The Bertz CT molecular complexity index is 67.2. The monoisotopic (exact) mass is 135 g/mol. The summed E-state index contributed by atoms with van der Waals surface area (Å²) < 4.78 is 0. The van der Waals surface area contributed by atoms with Gasteiger partial charge in [-0.3, -0.25) is 10.4 Å². The molecule has 0 saturated heterocycles. The van der Waals surface area contributed by atoms with Crippen LogP contribution in [-0.4, -0.2) is 33.4 Å². The normalized spacial score (nSPS) is 14.3. The zero-order valence-electron chi connectivity index (χ0n) is 5.49. The summed E-state index contributed by atoms with van der Waals surface area (Å²) in [4.78, 5) is 0. The Morgan fingerprint density at radius 3 is 2.33 bits per heavy atom. The molecule has 0 amide bonds. The highest BCUT2D eigenvalue weighted by Crippen LogP contribution is 1.99. The molecule has 0 aliphatic rings. The van der Waals surface area contributed by atoms with Crippen molar-refractivity contribution in [2.24, 2.45) is 0 Å². The highest BCUT2D eigenvalue weighted by Gasteiger charge is 2.05. The van der Waals surface area contributed by atoms with Gasteiger partial charge in [0.05, 0.1) is 6.04 Å². The van der Waals surface area contributed by atoms with Gasteiger partial charge >= 0.3 is 0 Å². The zero-order chi connectivity index (χ0) is 7.28. The maximum Gasteiger partial charge on any atom is 0.0596 e. The van der Waals surface area contributed by atoms with Gasteiger partial charge in [-0.25, -0.2) is 0 Å². The van der Waals surface area contributed by atoms with Crippen LogP contribution in [0.25, 0.3) is 0 Å². The largest absolute Gasteiger partial charge is 0.396 e. The molecule has 0 bridgehead atoms. The molecule has 0 aromatic rings. The molecule has 0 fully saturated rings. The average molecular weight is 135 g/mol. The van der Waals surface area contributed by atoms with Gasteiger partial charge in [-0.1, -0.05) is 5.23 Å². The second kappa shape index (κ2) is 4.69. The number of hydrogen-bond donors (Lipinski definition) is 3. The van der Waals surface area contributed by atoms with Crippen molar-refractivity contribution in [2.75, 3.05) is 6.61 Å². The first-order valence-electron chi connectivity index (χ1n) is 2.96. The molecule has 0 saturated carbocycles. The molecular weight excluding hydrogens is 122 g/mol. The Hall–Kier alpha value is -0.160.